The van der Waals surface area contributed by atoms with Gasteiger partial charge in [-0.05, 0) is 13.8 Å². The van der Waals surface area contributed by atoms with Crippen molar-refractivity contribution >= 4 is 15.9 Å². The Morgan fingerprint density at radius 2 is 1.71 bits per heavy atom. The molecule has 0 N–H and O–H groups in total. The summed E-state index contributed by atoms with van der Waals surface area (Å²) in [5.74, 6) is -0.0185. The molecule has 0 unspecified atom stereocenters. The van der Waals surface area contributed by atoms with E-state index in [-0.39, 0.29) is 22.3 Å². The molecule has 1 saturated heterocycles. The molecule has 24 heavy (non-hydrogen) atoms. The maximum Gasteiger partial charge on any atom is 0.246 e. The van der Waals surface area contributed by atoms with Gasteiger partial charge in [-0.15, -0.1) is 0 Å². The van der Waals surface area contributed by atoms with Crippen LogP contribution in [0, 0.1) is 0 Å². The third kappa shape index (κ3) is 3.64. The monoisotopic (exact) mass is 356 g/mol. The van der Waals surface area contributed by atoms with E-state index in [2.05, 4.69) is 5.10 Å². The van der Waals surface area contributed by atoms with Gasteiger partial charge in [0.25, 0.3) is 0 Å². The second-order valence-electron chi connectivity index (χ2n) is 7.58. The standard InChI is InChI=1S/C16H28N4O3S/c1-12(2)20-11-14(15(17-20)16(4,5)6)24(22,23)19-9-7-18(8-10-19)13(3)21/h11-12H,7-10H2,1-6H3. The van der Waals surface area contributed by atoms with Crippen molar-refractivity contribution in [2.75, 3.05) is 26.2 Å². The molecule has 8 heteroatoms. The normalized spacial score (nSPS) is 17.5. The zero-order chi connectivity index (χ0) is 18.3. The number of carbonyl (C=O) groups excluding carboxylic acids is 1. The van der Waals surface area contributed by atoms with Crippen LogP contribution in [0.5, 0.6) is 0 Å². The van der Waals surface area contributed by atoms with E-state index in [0.29, 0.717) is 31.9 Å². The molecule has 1 aliphatic heterocycles. The zero-order valence-electron chi connectivity index (χ0n) is 15.4. The van der Waals surface area contributed by atoms with Gasteiger partial charge in [0.15, 0.2) is 0 Å². The summed E-state index contributed by atoms with van der Waals surface area (Å²) in [5, 5.41) is 4.53. The molecule has 1 fully saturated rings. The quantitative estimate of drug-likeness (QED) is 0.825. The fourth-order valence-corrected chi connectivity index (χ4v) is 4.48. The Labute approximate surface area is 144 Å². The second kappa shape index (κ2) is 6.48. The van der Waals surface area contributed by atoms with Gasteiger partial charge in [0.1, 0.15) is 4.90 Å². The number of hydrogen-bond donors (Lipinski definition) is 0. The van der Waals surface area contributed by atoms with Crippen LogP contribution < -0.4 is 0 Å². The molecule has 7 nitrogen and oxygen atoms in total. The minimum absolute atomic E-state index is 0.0185. The Hall–Kier alpha value is -1.41. The maximum absolute atomic E-state index is 13.1. The zero-order valence-corrected chi connectivity index (χ0v) is 16.2. The topological polar surface area (TPSA) is 75.5 Å². The van der Waals surface area contributed by atoms with Crippen LogP contribution in [0.4, 0.5) is 0 Å². The van der Waals surface area contributed by atoms with Crippen molar-refractivity contribution in [2.45, 2.75) is 57.9 Å². The Balaban J connectivity index is 2.38. The molecular formula is C16H28N4O3S. The van der Waals surface area contributed by atoms with Crippen LogP contribution in [0.25, 0.3) is 0 Å². The Bertz CT molecular complexity index is 708. The summed E-state index contributed by atoms with van der Waals surface area (Å²) in [6, 6.07) is 0.0876. The molecule has 1 amide bonds. The summed E-state index contributed by atoms with van der Waals surface area (Å²) >= 11 is 0. The van der Waals surface area contributed by atoms with Gasteiger partial charge >= 0.3 is 0 Å². The minimum atomic E-state index is -3.63. The van der Waals surface area contributed by atoms with Gasteiger partial charge < -0.3 is 4.90 Å². The first-order valence-corrected chi connectivity index (χ1v) is 9.74. The van der Waals surface area contributed by atoms with Crippen LogP contribution in [0.3, 0.4) is 0 Å². The third-order valence-corrected chi connectivity index (χ3v) is 6.14. The molecule has 0 radical (unpaired) electrons. The highest BCUT2D eigenvalue weighted by Gasteiger charge is 2.36. The van der Waals surface area contributed by atoms with E-state index in [1.54, 1.807) is 15.8 Å². The molecule has 0 saturated carbocycles. The van der Waals surface area contributed by atoms with Crippen molar-refractivity contribution in [3.05, 3.63) is 11.9 Å². The van der Waals surface area contributed by atoms with Crippen LogP contribution in [-0.4, -0.2) is 59.5 Å². The SMILES string of the molecule is CC(=O)N1CCN(S(=O)(=O)c2cn(C(C)C)nc2C(C)(C)C)CC1. The lowest BCUT2D eigenvalue weighted by Crippen LogP contribution is -2.50. The molecular weight excluding hydrogens is 328 g/mol. The lowest BCUT2D eigenvalue weighted by Gasteiger charge is -2.33. The van der Waals surface area contributed by atoms with Gasteiger partial charge in [0.05, 0.1) is 5.69 Å². The number of rotatable bonds is 3. The highest BCUT2D eigenvalue weighted by Crippen LogP contribution is 2.31. The van der Waals surface area contributed by atoms with Gasteiger partial charge in [-0.25, -0.2) is 8.42 Å². The largest absolute Gasteiger partial charge is 0.340 e. The summed E-state index contributed by atoms with van der Waals surface area (Å²) in [7, 11) is -3.63. The number of amides is 1. The number of piperazine rings is 1. The lowest BCUT2D eigenvalue weighted by molar-refractivity contribution is -0.129. The number of carbonyl (C=O) groups is 1. The van der Waals surface area contributed by atoms with E-state index in [9.17, 15) is 13.2 Å². The number of hydrogen-bond acceptors (Lipinski definition) is 4. The summed E-state index contributed by atoms with van der Waals surface area (Å²) in [4.78, 5) is 13.4. The fourth-order valence-electron chi connectivity index (χ4n) is 2.73. The van der Waals surface area contributed by atoms with Crippen molar-refractivity contribution in [3.63, 3.8) is 0 Å². The van der Waals surface area contributed by atoms with Crippen LogP contribution >= 0.6 is 0 Å². The predicted molar refractivity (Wildman–Crippen MR) is 92.3 cm³/mol. The fraction of sp³-hybridized carbons (Fsp3) is 0.750. The highest BCUT2D eigenvalue weighted by molar-refractivity contribution is 7.89. The van der Waals surface area contributed by atoms with Crippen molar-refractivity contribution in [2.24, 2.45) is 0 Å². The first kappa shape index (κ1) is 18.9. The molecule has 1 aliphatic rings. The van der Waals surface area contributed by atoms with Gasteiger partial charge in [-0.3, -0.25) is 9.48 Å². The Morgan fingerprint density at radius 3 is 2.12 bits per heavy atom. The first-order chi connectivity index (χ1) is 10.9. The molecule has 2 rings (SSSR count). The molecule has 0 aliphatic carbocycles. The van der Waals surface area contributed by atoms with Gasteiger partial charge in [-0.1, -0.05) is 20.8 Å². The van der Waals surface area contributed by atoms with Crippen molar-refractivity contribution < 1.29 is 13.2 Å². The molecule has 0 bridgehead atoms. The van der Waals surface area contributed by atoms with Crippen molar-refractivity contribution in [1.29, 1.82) is 0 Å². The molecule has 0 atom stereocenters. The molecule has 136 valence electrons. The molecule has 1 aromatic heterocycles. The van der Waals surface area contributed by atoms with E-state index in [4.69, 9.17) is 0 Å². The molecule has 0 spiro atoms. The van der Waals surface area contributed by atoms with E-state index in [1.807, 2.05) is 34.6 Å². The minimum Gasteiger partial charge on any atom is -0.340 e. The van der Waals surface area contributed by atoms with Gasteiger partial charge in [0.2, 0.25) is 15.9 Å². The maximum atomic E-state index is 13.1. The van der Waals surface area contributed by atoms with Crippen molar-refractivity contribution in [3.8, 4) is 0 Å². The summed E-state index contributed by atoms with van der Waals surface area (Å²) in [5.41, 5.74) is 0.217. The van der Waals surface area contributed by atoms with Gasteiger partial charge in [0, 0.05) is 50.8 Å². The lowest BCUT2D eigenvalue weighted by atomic mass is 9.92. The number of sulfonamides is 1. The predicted octanol–water partition coefficient (Wildman–Crippen LogP) is 1.61. The van der Waals surface area contributed by atoms with Crippen molar-refractivity contribution in [1.82, 2.24) is 19.0 Å². The van der Waals surface area contributed by atoms with E-state index >= 15 is 0 Å². The number of aromatic nitrogens is 2. The van der Waals surface area contributed by atoms with Crippen LogP contribution in [-0.2, 0) is 20.2 Å². The Morgan fingerprint density at radius 1 is 1.17 bits per heavy atom. The number of nitrogens with zero attached hydrogens (tertiary/aromatic N) is 4. The van der Waals surface area contributed by atoms with E-state index in [0.717, 1.165) is 0 Å². The van der Waals surface area contributed by atoms with Crippen LogP contribution in [0.2, 0.25) is 0 Å². The summed E-state index contributed by atoms with van der Waals surface area (Å²) in [6.45, 7) is 12.8. The second-order valence-corrected chi connectivity index (χ2v) is 9.48. The average Bonchev–Trinajstić information content (AvgIpc) is 2.93. The van der Waals surface area contributed by atoms with Crippen LogP contribution in [0.15, 0.2) is 11.1 Å². The van der Waals surface area contributed by atoms with Gasteiger partial charge in [-0.2, -0.15) is 9.40 Å². The molecule has 2 heterocycles. The van der Waals surface area contributed by atoms with E-state index in [1.165, 1.54) is 11.2 Å². The molecule has 0 aromatic carbocycles. The summed E-state index contributed by atoms with van der Waals surface area (Å²) < 4.78 is 29.4. The highest BCUT2D eigenvalue weighted by atomic mass is 32.2. The average molecular weight is 356 g/mol. The smallest absolute Gasteiger partial charge is 0.246 e. The Kier molecular flexibility index (Phi) is 5.11. The van der Waals surface area contributed by atoms with E-state index < -0.39 is 10.0 Å². The van der Waals surface area contributed by atoms with Crippen LogP contribution in [0.1, 0.15) is 53.3 Å². The first-order valence-electron chi connectivity index (χ1n) is 8.30. The molecule has 1 aromatic rings. The third-order valence-electron chi connectivity index (χ3n) is 4.24. The summed E-state index contributed by atoms with van der Waals surface area (Å²) in [6.07, 6.45) is 1.64.